The van der Waals surface area contributed by atoms with Gasteiger partial charge in [0.1, 0.15) is 5.82 Å². The van der Waals surface area contributed by atoms with E-state index in [9.17, 15) is 9.59 Å². The lowest BCUT2D eigenvalue weighted by Crippen LogP contribution is -2.43. The maximum atomic E-state index is 12.8. The normalized spacial score (nSPS) is 19.5. The molecule has 36 heavy (non-hydrogen) atoms. The molecule has 9 heteroatoms. The molecule has 1 N–H and O–H groups in total. The van der Waals surface area contributed by atoms with Crippen LogP contribution in [0.3, 0.4) is 0 Å². The Morgan fingerprint density at radius 3 is 2.50 bits per heavy atom. The van der Waals surface area contributed by atoms with E-state index in [1.807, 2.05) is 36.1 Å². The Morgan fingerprint density at radius 2 is 1.83 bits per heavy atom. The molecule has 1 saturated heterocycles. The number of carbonyl (C=O) groups excluding carboxylic acids is 2. The molecule has 5 rings (SSSR count). The number of hydrogen-bond donors (Lipinski definition) is 1. The summed E-state index contributed by atoms with van der Waals surface area (Å²) in [5.74, 6) is 0.668. The van der Waals surface area contributed by atoms with Crippen LogP contribution in [0.1, 0.15) is 47.9 Å². The molecule has 2 atom stereocenters. The third-order valence-corrected chi connectivity index (χ3v) is 6.73. The average molecular weight is 487 g/mol. The maximum Gasteiger partial charge on any atom is 0.255 e. The van der Waals surface area contributed by atoms with Gasteiger partial charge in [-0.3, -0.25) is 19.6 Å². The fraction of sp³-hybridized carbons (Fsp3) is 0.370. The van der Waals surface area contributed by atoms with Gasteiger partial charge in [-0.1, -0.05) is 6.07 Å². The van der Waals surface area contributed by atoms with Crippen LogP contribution in [0.4, 0.5) is 11.5 Å². The number of pyridine rings is 1. The minimum absolute atomic E-state index is 0.00850. The lowest BCUT2D eigenvalue weighted by atomic mass is 9.89. The number of fused-ring (bicyclic) bond motifs is 1. The molecule has 0 bridgehead atoms. The van der Waals surface area contributed by atoms with Crippen molar-refractivity contribution in [2.24, 2.45) is 0 Å². The molecule has 1 aromatic carbocycles. The predicted octanol–water partition coefficient (Wildman–Crippen LogP) is 3.62. The summed E-state index contributed by atoms with van der Waals surface area (Å²) in [6, 6.07) is 9.69. The largest absolute Gasteiger partial charge is 0.378 e. The summed E-state index contributed by atoms with van der Waals surface area (Å²) in [5, 5.41) is 3.50. The van der Waals surface area contributed by atoms with Gasteiger partial charge in [-0.25, -0.2) is 4.98 Å². The lowest BCUT2D eigenvalue weighted by Gasteiger charge is -2.39. The summed E-state index contributed by atoms with van der Waals surface area (Å²) >= 11 is 0. The molecule has 0 radical (unpaired) electrons. The molecule has 186 valence electrons. The van der Waals surface area contributed by atoms with Crippen LogP contribution in [0.2, 0.25) is 0 Å². The van der Waals surface area contributed by atoms with E-state index in [-0.39, 0.29) is 23.9 Å². The lowest BCUT2D eigenvalue weighted by molar-refractivity contribution is -0.117. The van der Waals surface area contributed by atoms with Gasteiger partial charge in [-0.05, 0) is 50.1 Å². The Balaban J connectivity index is 1.45. The monoisotopic (exact) mass is 486 g/mol. The number of anilines is 2. The van der Waals surface area contributed by atoms with E-state index in [0.717, 1.165) is 34.6 Å². The van der Waals surface area contributed by atoms with Crippen molar-refractivity contribution >= 4 is 23.3 Å². The van der Waals surface area contributed by atoms with Gasteiger partial charge in [0.25, 0.3) is 5.91 Å². The van der Waals surface area contributed by atoms with Gasteiger partial charge < -0.3 is 19.9 Å². The molecule has 2 aromatic heterocycles. The van der Waals surface area contributed by atoms with Crippen LogP contribution in [0.5, 0.6) is 0 Å². The molecule has 2 aliphatic rings. The highest BCUT2D eigenvalue weighted by atomic mass is 16.5. The number of morpholine rings is 1. The fourth-order valence-corrected chi connectivity index (χ4v) is 4.93. The fourth-order valence-electron chi connectivity index (χ4n) is 4.93. The Bertz CT molecular complexity index is 1260. The number of hydrogen-bond acceptors (Lipinski definition) is 7. The number of amides is 2. The van der Waals surface area contributed by atoms with Crippen LogP contribution in [0.25, 0.3) is 11.3 Å². The summed E-state index contributed by atoms with van der Waals surface area (Å²) in [6.07, 6.45) is 5.82. The number of ether oxygens (including phenoxy) is 1. The predicted molar refractivity (Wildman–Crippen MR) is 137 cm³/mol. The zero-order valence-corrected chi connectivity index (χ0v) is 20.8. The van der Waals surface area contributed by atoms with Crippen molar-refractivity contribution in [1.82, 2.24) is 19.9 Å². The quantitative estimate of drug-likeness (QED) is 0.601. The van der Waals surface area contributed by atoms with Crippen LogP contribution in [-0.4, -0.2) is 64.0 Å². The number of nitrogens with one attached hydrogen (secondary N) is 1. The van der Waals surface area contributed by atoms with Gasteiger partial charge in [0.05, 0.1) is 48.6 Å². The second-order valence-corrected chi connectivity index (χ2v) is 9.32. The summed E-state index contributed by atoms with van der Waals surface area (Å²) in [7, 11) is 0. The van der Waals surface area contributed by atoms with E-state index in [4.69, 9.17) is 4.74 Å². The van der Waals surface area contributed by atoms with Crippen molar-refractivity contribution in [2.45, 2.75) is 39.3 Å². The molecule has 0 saturated carbocycles. The third-order valence-electron chi connectivity index (χ3n) is 6.73. The van der Waals surface area contributed by atoms with Gasteiger partial charge in [-0.2, -0.15) is 0 Å². The molecule has 0 spiro atoms. The van der Waals surface area contributed by atoms with Crippen molar-refractivity contribution < 1.29 is 14.3 Å². The van der Waals surface area contributed by atoms with Crippen LogP contribution < -0.4 is 10.2 Å². The summed E-state index contributed by atoms with van der Waals surface area (Å²) in [6.45, 7) is 7.86. The van der Waals surface area contributed by atoms with Gasteiger partial charge >= 0.3 is 0 Å². The molecular formula is C27H30N6O3. The second kappa shape index (κ2) is 10.0. The molecule has 3 aromatic rings. The molecule has 2 amide bonds. The number of aryl methyl sites for hydroxylation is 1. The van der Waals surface area contributed by atoms with Crippen molar-refractivity contribution in [3.05, 3.63) is 65.7 Å². The molecular weight excluding hydrogens is 456 g/mol. The minimum Gasteiger partial charge on any atom is -0.378 e. The standard InChI is InChI=1S/C27H30N6O3/c1-17-14-30-26(16-28-17)31-24-12-18(2)33(19(3)34)25-7-5-20(13-22(24)25)23-6-4-21(15-29-23)27(35)32-8-10-36-11-9-32/h4-7,13-16,18,24H,8-12H2,1-3H3,(H,30,31). The van der Waals surface area contributed by atoms with Crippen molar-refractivity contribution in [1.29, 1.82) is 0 Å². The molecule has 9 nitrogen and oxygen atoms in total. The van der Waals surface area contributed by atoms with E-state index < -0.39 is 0 Å². The SMILES string of the molecule is CC(=O)N1c2ccc(-c3ccc(C(=O)N4CCOCC4)cn3)cc2C(Nc2cnc(C)cn2)CC1C. The van der Waals surface area contributed by atoms with Crippen LogP contribution in [-0.2, 0) is 9.53 Å². The van der Waals surface area contributed by atoms with Crippen molar-refractivity contribution in [3.8, 4) is 11.3 Å². The van der Waals surface area contributed by atoms with Crippen molar-refractivity contribution in [3.63, 3.8) is 0 Å². The van der Waals surface area contributed by atoms with E-state index in [1.165, 1.54) is 0 Å². The first-order valence-electron chi connectivity index (χ1n) is 12.2. The molecule has 2 unspecified atom stereocenters. The highest BCUT2D eigenvalue weighted by Crippen LogP contribution is 2.40. The Labute approximate surface area is 210 Å². The number of carbonyl (C=O) groups is 2. The van der Waals surface area contributed by atoms with Crippen molar-refractivity contribution in [2.75, 3.05) is 36.5 Å². The highest BCUT2D eigenvalue weighted by molar-refractivity contribution is 5.95. The zero-order valence-electron chi connectivity index (χ0n) is 20.8. The summed E-state index contributed by atoms with van der Waals surface area (Å²) in [5.41, 5.74) is 4.97. The average Bonchev–Trinajstić information content (AvgIpc) is 2.90. The maximum absolute atomic E-state index is 12.8. The number of nitrogens with zero attached hydrogens (tertiary/aromatic N) is 5. The molecule has 4 heterocycles. The van der Waals surface area contributed by atoms with E-state index in [1.54, 1.807) is 30.4 Å². The molecule has 1 fully saturated rings. The molecule has 0 aliphatic carbocycles. The van der Waals surface area contributed by atoms with Gasteiger partial charge in [-0.15, -0.1) is 0 Å². The van der Waals surface area contributed by atoms with E-state index in [2.05, 4.69) is 33.3 Å². The van der Waals surface area contributed by atoms with Crippen LogP contribution in [0, 0.1) is 6.92 Å². The third kappa shape index (κ3) is 4.79. The topological polar surface area (TPSA) is 101 Å². The Morgan fingerprint density at radius 1 is 1.03 bits per heavy atom. The van der Waals surface area contributed by atoms with Crippen LogP contribution in [0.15, 0.2) is 48.9 Å². The first-order chi connectivity index (χ1) is 17.4. The first-order valence-corrected chi connectivity index (χ1v) is 12.2. The zero-order chi connectivity index (χ0) is 25.2. The minimum atomic E-state index is -0.0512. The van der Waals surface area contributed by atoms with Gasteiger partial charge in [0.15, 0.2) is 0 Å². The summed E-state index contributed by atoms with van der Waals surface area (Å²) < 4.78 is 5.34. The Kier molecular flexibility index (Phi) is 6.65. The smallest absolute Gasteiger partial charge is 0.255 e. The molecule has 2 aliphatic heterocycles. The van der Waals surface area contributed by atoms with E-state index in [0.29, 0.717) is 37.7 Å². The van der Waals surface area contributed by atoms with Gasteiger partial charge in [0.2, 0.25) is 5.91 Å². The van der Waals surface area contributed by atoms with Gasteiger partial charge in [0, 0.05) is 43.5 Å². The summed E-state index contributed by atoms with van der Waals surface area (Å²) in [4.78, 5) is 42.3. The number of aromatic nitrogens is 3. The Hall–Kier alpha value is -3.85. The highest BCUT2D eigenvalue weighted by Gasteiger charge is 2.33. The second-order valence-electron chi connectivity index (χ2n) is 9.32. The first kappa shape index (κ1) is 23.9. The van der Waals surface area contributed by atoms with E-state index >= 15 is 0 Å². The van der Waals surface area contributed by atoms with Crippen LogP contribution >= 0.6 is 0 Å². The number of rotatable bonds is 4. The number of benzene rings is 1.